The molecule has 3 aromatic carbocycles. The highest BCUT2D eigenvalue weighted by molar-refractivity contribution is 5.89. The maximum Gasteiger partial charge on any atom is 0.146 e. The summed E-state index contributed by atoms with van der Waals surface area (Å²) >= 11 is 0. The van der Waals surface area contributed by atoms with Gasteiger partial charge >= 0.3 is 0 Å². The highest BCUT2D eigenvalue weighted by atomic mass is 16.5. The second kappa shape index (κ2) is 5.96. The van der Waals surface area contributed by atoms with E-state index in [4.69, 9.17) is 14.7 Å². The van der Waals surface area contributed by atoms with Gasteiger partial charge in [0.1, 0.15) is 30.1 Å². The number of rotatable bonds is 1. The normalized spacial score (nSPS) is 17.8. The van der Waals surface area contributed by atoms with E-state index in [1.165, 1.54) is 5.56 Å². The van der Waals surface area contributed by atoms with Crippen molar-refractivity contribution in [3.05, 3.63) is 89.7 Å². The van der Waals surface area contributed by atoms with Crippen LogP contribution in [0, 0.1) is 0 Å². The van der Waals surface area contributed by atoms with E-state index < -0.39 is 0 Å². The molecule has 0 fully saturated rings. The van der Waals surface area contributed by atoms with Gasteiger partial charge in [-0.25, -0.2) is 9.98 Å². The molecule has 0 radical (unpaired) electrons. The summed E-state index contributed by atoms with van der Waals surface area (Å²) < 4.78 is 6.14. The third-order valence-corrected chi connectivity index (χ3v) is 5.46. The largest absolute Gasteiger partial charge is 0.485 e. The van der Waals surface area contributed by atoms with Crippen molar-refractivity contribution in [1.82, 2.24) is 14.9 Å². The number of fused-ring (bicyclic) bond motifs is 4. The van der Waals surface area contributed by atoms with Crippen LogP contribution in [0.3, 0.4) is 0 Å². The molecule has 0 bridgehead atoms. The van der Waals surface area contributed by atoms with E-state index >= 15 is 0 Å². The van der Waals surface area contributed by atoms with Crippen LogP contribution >= 0.6 is 0 Å². The first-order valence-corrected chi connectivity index (χ1v) is 9.45. The first-order valence-electron chi connectivity index (χ1n) is 9.45. The van der Waals surface area contributed by atoms with Gasteiger partial charge in [0.25, 0.3) is 0 Å². The minimum atomic E-state index is -0.0850. The van der Waals surface area contributed by atoms with Crippen molar-refractivity contribution in [2.24, 2.45) is 4.99 Å². The van der Waals surface area contributed by atoms with E-state index in [1.54, 1.807) is 0 Å². The summed E-state index contributed by atoms with van der Waals surface area (Å²) in [5.41, 5.74) is 5.34. The zero-order valence-electron chi connectivity index (χ0n) is 15.2. The Bertz CT molecular complexity index is 1190. The molecule has 2 aliphatic rings. The van der Waals surface area contributed by atoms with Crippen molar-refractivity contribution in [1.29, 1.82) is 0 Å². The first-order chi connectivity index (χ1) is 13.9. The molecule has 2 aliphatic heterocycles. The average molecular weight is 366 g/mol. The van der Waals surface area contributed by atoms with Gasteiger partial charge in [0.2, 0.25) is 0 Å². The van der Waals surface area contributed by atoms with Crippen LogP contribution in [-0.2, 0) is 6.54 Å². The molecule has 4 aromatic rings. The fourth-order valence-electron chi connectivity index (χ4n) is 4.13. The van der Waals surface area contributed by atoms with Crippen molar-refractivity contribution < 1.29 is 4.74 Å². The van der Waals surface area contributed by atoms with Gasteiger partial charge in [-0.15, -0.1) is 0 Å². The molecule has 1 aromatic heterocycles. The van der Waals surface area contributed by atoms with Crippen LogP contribution in [0.5, 0.6) is 5.75 Å². The number of H-pyrrole nitrogens is 1. The van der Waals surface area contributed by atoms with Crippen LogP contribution in [0.4, 0.5) is 5.69 Å². The molecule has 1 N–H and O–H groups in total. The Morgan fingerprint density at radius 1 is 0.929 bits per heavy atom. The van der Waals surface area contributed by atoms with Crippen LogP contribution in [0.15, 0.2) is 77.8 Å². The van der Waals surface area contributed by atoms with Crippen molar-refractivity contribution in [3.63, 3.8) is 0 Å². The molecule has 0 aliphatic carbocycles. The van der Waals surface area contributed by atoms with Crippen molar-refractivity contribution in [3.8, 4) is 5.75 Å². The summed E-state index contributed by atoms with van der Waals surface area (Å²) in [4.78, 5) is 15.7. The smallest absolute Gasteiger partial charge is 0.146 e. The molecule has 5 nitrogen and oxygen atoms in total. The number of imidazole rings is 1. The number of hydrogen-bond donors (Lipinski definition) is 1. The summed E-state index contributed by atoms with van der Waals surface area (Å²) in [6, 6.07) is 24.6. The van der Waals surface area contributed by atoms with E-state index in [9.17, 15) is 0 Å². The number of aromatic nitrogens is 2. The lowest BCUT2D eigenvalue weighted by Gasteiger charge is -2.34. The summed E-state index contributed by atoms with van der Waals surface area (Å²) in [5.74, 6) is 2.72. The third-order valence-electron chi connectivity index (χ3n) is 5.46. The average Bonchev–Trinajstić information content (AvgIpc) is 3.09. The number of hydrogen-bond acceptors (Lipinski definition) is 4. The number of benzene rings is 3. The van der Waals surface area contributed by atoms with Crippen molar-refractivity contribution in [2.45, 2.75) is 12.6 Å². The van der Waals surface area contributed by atoms with E-state index in [0.717, 1.165) is 46.2 Å². The highest BCUT2D eigenvalue weighted by Crippen LogP contribution is 2.40. The molecule has 1 atom stereocenters. The van der Waals surface area contributed by atoms with Crippen LogP contribution < -0.4 is 4.74 Å². The van der Waals surface area contributed by atoms with E-state index in [1.807, 2.05) is 36.4 Å². The molecule has 0 amide bonds. The molecule has 1 unspecified atom stereocenters. The number of para-hydroxylation sites is 4. The zero-order valence-corrected chi connectivity index (χ0v) is 15.2. The highest BCUT2D eigenvalue weighted by Gasteiger charge is 2.35. The summed E-state index contributed by atoms with van der Waals surface area (Å²) in [6.45, 7) is 1.22. The van der Waals surface area contributed by atoms with E-state index in [0.29, 0.717) is 6.61 Å². The maximum atomic E-state index is 6.14. The summed E-state index contributed by atoms with van der Waals surface area (Å²) in [6.07, 6.45) is 0. The van der Waals surface area contributed by atoms with Crippen LogP contribution in [0.1, 0.15) is 23.0 Å². The van der Waals surface area contributed by atoms with Gasteiger partial charge in [0.05, 0.1) is 16.7 Å². The Balaban J connectivity index is 1.57. The maximum absolute atomic E-state index is 6.14. The molecular formula is C23H18N4O. The number of nitrogens with one attached hydrogen (secondary N) is 1. The predicted octanol–water partition coefficient (Wildman–Crippen LogP) is 4.59. The Morgan fingerprint density at radius 3 is 2.71 bits per heavy atom. The van der Waals surface area contributed by atoms with E-state index in [-0.39, 0.29) is 6.04 Å². The number of ether oxygens (including phenoxy) is 1. The lowest BCUT2D eigenvalue weighted by Crippen LogP contribution is -2.38. The van der Waals surface area contributed by atoms with Gasteiger partial charge in [-0.3, -0.25) is 0 Å². The summed E-state index contributed by atoms with van der Waals surface area (Å²) in [5, 5.41) is 0. The predicted molar refractivity (Wildman–Crippen MR) is 109 cm³/mol. The standard InChI is InChI=1S/C23H18N4O/c1-3-9-17-15(7-1)13-27-21(24-17)14-28-20-12-6-2-8-16(20)22(27)23-25-18-10-4-5-11-19(18)26-23/h1-12,22H,13-14H2,(H,25,26). The number of aromatic amines is 1. The zero-order chi connectivity index (χ0) is 18.5. The fraction of sp³-hybridized carbons (Fsp3) is 0.130. The van der Waals surface area contributed by atoms with Gasteiger partial charge in [0, 0.05) is 12.1 Å². The molecule has 5 heteroatoms. The van der Waals surface area contributed by atoms with Crippen LogP contribution in [0.2, 0.25) is 0 Å². The monoisotopic (exact) mass is 366 g/mol. The minimum absolute atomic E-state index is 0.0850. The molecule has 136 valence electrons. The molecule has 0 saturated carbocycles. The SMILES string of the molecule is c1ccc2c(c1)CN1C(=N2)COc2ccccc2C1c1nc2ccccc2[nH]1. The fourth-order valence-corrected chi connectivity index (χ4v) is 4.13. The summed E-state index contributed by atoms with van der Waals surface area (Å²) in [7, 11) is 0. The van der Waals surface area contributed by atoms with Crippen LogP contribution in [0.25, 0.3) is 11.0 Å². The number of amidine groups is 1. The molecule has 0 saturated heterocycles. The lowest BCUT2D eigenvalue weighted by atomic mass is 10.0. The molecule has 3 heterocycles. The minimum Gasteiger partial charge on any atom is -0.485 e. The van der Waals surface area contributed by atoms with Crippen molar-refractivity contribution in [2.75, 3.05) is 6.61 Å². The van der Waals surface area contributed by atoms with Gasteiger partial charge in [-0.1, -0.05) is 48.5 Å². The van der Waals surface area contributed by atoms with Gasteiger partial charge in [0.15, 0.2) is 0 Å². The quantitative estimate of drug-likeness (QED) is 0.536. The van der Waals surface area contributed by atoms with Crippen molar-refractivity contribution >= 4 is 22.6 Å². The van der Waals surface area contributed by atoms with E-state index in [2.05, 4.69) is 46.3 Å². The van der Waals surface area contributed by atoms with Gasteiger partial charge < -0.3 is 14.6 Å². The van der Waals surface area contributed by atoms with Gasteiger partial charge in [-0.2, -0.15) is 0 Å². The van der Waals surface area contributed by atoms with Crippen LogP contribution in [-0.4, -0.2) is 27.3 Å². The van der Waals surface area contributed by atoms with Gasteiger partial charge in [-0.05, 0) is 29.8 Å². The Morgan fingerprint density at radius 2 is 1.75 bits per heavy atom. The number of aliphatic imine (C=N–C) groups is 1. The second-order valence-electron chi connectivity index (χ2n) is 7.15. The molecule has 0 spiro atoms. The Kier molecular flexibility index (Phi) is 3.29. The molecular weight excluding hydrogens is 348 g/mol. The topological polar surface area (TPSA) is 53.5 Å². The molecule has 6 rings (SSSR count). The lowest BCUT2D eigenvalue weighted by molar-refractivity contribution is 0.323. The third kappa shape index (κ3) is 2.33. The second-order valence-corrected chi connectivity index (χ2v) is 7.15. The Hall–Kier alpha value is -3.60. The molecule has 28 heavy (non-hydrogen) atoms. The number of nitrogens with zero attached hydrogens (tertiary/aromatic N) is 3. The first kappa shape index (κ1) is 15.5. The Labute approximate surface area is 162 Å².